The minimum absolute atomic E-state index is 0.0112. The first-order valence-corrected chi connectivity index (χ1v) is 10.6. The average molecular weight is 446 g/mol. The second-order valence-electron chi connectivity index (χ2n) is 6.76. The standard InChI is InChI=1S/C21H17Cl2N3O2S/c1-12(27)26-7-6-14-8-15(3-5-19(14)26)20(28)25-21-24-11-17(29-21)9-13-2-4-16(22)10-18(13)23/h2-5,8,10-11H,6-7,9H2,1H3,(H,24,25,28). The number of hydrogen-bond acceptors (Lipinski definition) is 4. The van der Waals surface area contributed by atoms with Gasteiger partial charge in [0.2, 0.25) is 5.91 Å². The number of nitrogens with one attached hydrogen (secondary N) is 1. The Morgan fingerprint density at radius 1 is 1.21 bits per heavy atom. The summed E-state index contributed by atoms with van der Waals surface area (Å²) >= 11 is 13.6. The predicted molar refractivity (Wildman–Crippen MR) is 118 cm³/mol. The van der Waals surface area contributed by atoms with Gasteiger partial charge in [-0.1, -0.05) is 29.3 Å². The topological polar surface area (TPSA) is 62.3 Å². The zero-order chi connectivity index (χ0) is 20.5. The highest BCUT2D eigenvalue weighted by atomic mass is 35.5. The number of aromatic nitrogens is 1. The molecule has 0 radical (unpaired) electrons. The van der Waals surface area contributed by atoms with Crippen LogP contribution in [0, 0.1) is 0 Å². The van der Waals surface area contributed by atoms with Crippen LogP contribution in [-0.2, 0) is 17.6 Å². The summed E-state index contributed by atoms with van der Waals surface area (Å²) in [7, 11) is 0. The summed E-state index contributed by atoms with van der Waals surface area (Å²) in [6.45, 7) is 2.20. The molecule has 2 amide bonds. The molecule has 5 nitrogen and oxygen atoms in total. The highest BCUT2D eigenvalue weighted by Gasteiger charge is 2.23. The fraction of sp³-hybridized carbons (Fsp3) is 0.190. The number of thiazole rings is 1. The van der Waals surface area contributed by atoms with Crippen LogP contribution >= 0.6 is 34.5 Å². The molecule has 3 aromatic rings. The molecule has 0 aliphatic carbocycles. The molecule has 4 rings (SSSR count). The lowest BCUT2D eigenvalue weighted by Gasteiger charge is -2.14. The first-order valence-electron chi connectivity index (χ1n) is 9.02. The second kappa shape index (κ2) is 8.14. The van der Waals surface area contributed by atoms with Gasteiger partial charge in [-0.05, 0) is 47.9 Å². The Labute approximate surface area is 182 Å². The van der Waals surface area contributed by atoms with E-state index in [-0.39, 0.29) is 11.8 Å². The summed E-state index contributed by atoms with van der Waals surface area (Å²) in [6, 6.07) is 10.8. The van der Waals surface area contributed by atoms with Crippen LogP contribution in [0.3, 0.4) is 0 Å². The number of amides is 2. The number of nitrogens with zero attached hydrogens (tertiary/aromatic N) is 2. The number of rotatable bonds is 4. The SMILES string of the molecule is CC(=O)N1CCc2cc(C(=O)Nc3ncc(Cc4ccc(Cl)cc4Cl)s3)ccc21. The minimum atomic E-state index is -0.223. The van der Waals surface area contributed by atoms with Crippen molar-refractivity contribution in [3.05, 3.63) is 74.2 Å². The van der Waals surface area contributed by atoms with Gasteiger partial charge >= 0.3 is 0 Å². The fourth-order valence-corrected chi connectivity index (χ4v) is 4.65. The molecule has 1 aliphatic rings. The van der Waals surface area contributed by atoms with Gasteiger partial charge in [0.05, 0.1) is 0 Å². The quantitative estimate of drug-likeness (QED) is 0.599. The van der Waals surface area contributed by atoms with E-state index in [0.29, 0.717) is 33.7 Å². The van der Waals surface area contributed by atoms with Crippen molar-refractivity contribution in [3.8, 4) is 0 Å². The van der Waals surface area contributed by atoms with Crippen molar-refractivity contribution in [3.63, 3.8) is 0 Å². The number of carbonyl (C=O) groups excluding carboxylic acids is 2. The molecule has 1 aromatic heterocycles. The first kappa shape index (κ1) is 19.9. The van der Waals surface area contributed by atoms with E-state index in [9.17, 15) is 9.59 Å². The van der Waals surface area contributed by atoms with Crippen molar-refractivity contribution in [2.24, 2.45) is 0 Å². The van der Waals surface area contributed by atoms with Crippen molar-refractivity contribution in [2.75, 3.05) is 16.8 Å². The molecule has 1 N–H and O–H groups in total. The van der Waals surface area contributed by atoms with Crippen LogP contribution < -0.4 is 10.2 Å². The van der Waals surface area contributed by atoms with E-state index in [2.05, 4.69) is 10.3 Å². The summed E-state index contributed by atoms with van der Waals surface area (Å²) in [5.41, 5.74) is 3.38. The van der Waals surface area contributed by atoms with E-state index in [1.54, 1.807) is 36.2 Å². The van der Waals surface area contributed by atoms with Gasteiger partial charge in [-0.25, -0.2) is 4.98 Å². The van der Waals surface area contributed by atoms with Gasteiger partial charge in [0.1, 0.15) is 0 Å². The largest absolute Gasteiger partial charge is 0.312 e. The van der Waals surface area contributed by atoms with Gasteiger partial charge in [-0.15, -0.1) is 11.3 Å². The van der Waals surface area contributed by atoms with Gasteiger partial charge in [-0.2, -0.15) is 0 Å². The smallest absolute Gasteiger partial charge is 0.257 e. The van der Waals surface area contributed by atoms with Crippen molar-refractivity contribution < 1.29 is 9.59 Å². The molecule has 0 fully saturated rings. The Bertz CT molecular complexity index is 1110. The maximum absolute atomic E-state index is 12.6. The number of anilines is 2. The normalized spacial score (nSPS) is 12.7. The lowest BCUT2D eigenvalue weighted by molar-refractivity contribution is -0.116. The first-order chi connectivity index (χ1) is 13.9. The third kappa shape index (κ3) is 4.29. The van der Waals surface area contributed by atoms with Crippen molar-refractivity contribution in [1.29, 1.82) is 0 Å². The predicted octanol–water partition coefficient (Wildman–Crippen LogP) is 5.20. The molecule has 29 heavy (non-hydrogen) atoms. The lowest BCUT2D eigenvalue weighted by Crippen LogP contribution is -2.25. The monoisotopic (exact) mass is 445 g/mol. The van der Waals surface area contributed by atoms with Gasteiger partial charge in [0.15, 0.2) is 5.13 Å². The number of carbonyl (C=O) groups is 2. The molecule has 2 aromatic carbocycles. The van der Waals surface area contributed by atoms with Crippen LogP contribution in [0.1, 0.15) is 33.3 Å². The Balaban J connectivity index is 1.45. The van der Waals surface area contributed by atoms with E-state index in [1.165, 1.54) is 11.3 Å². The third-order valence-electron chi connectivity index (χ3n) is 4.77. The third-order valence-corrected chi connectivity index (χ3v) is 6.27. The Morgan fingerprint density at radius 2 is 2.03 bits per heavy atom. The molecular formula is C21H17Cl2N3O2S. The highest BCUT2D eigenvalue weighted by molar-refractivity contribution is 7.15. The number of benzene rings is 2. The fourth-order valence-electron chi connectivity index (χ4n) is 3.34. The van der Waals surface area contributed by atoms with Gasteiger partial charge in [0.25, 0.3) is 5.91 Å². The molecule has 0 atom stereocenters. The zero-order valence-corrected chi connectivity index (χ0v) is 17.9. The Hall–Kier alpha value is -2.41. The van der Waals surface area contributed by atoms with Crippen LogP contribution in [0.25, 0.3) is 0 Å². The zero-order valence-electron chi connectivity index (χ0n) is 15.5. The maximum atomic E-state index is 12.6. The summed E-state index contributed by atoms with van der Waals surface area (Å²) in [5, 5.41) is 4.58. The summed E-state index contributed by atoms with van der Waals surface area (Å²) in [5.74, 6) is -0.212. The van der Waals surface area contributed by atoms with Crippen LogP contribution in [0.5, 0.6) is 0 Å². The minimum Gasteiger partial charge on any atom is -0.312 e. The molecular weight excluding hydrogens is 429 g/mol. The van der Waals surface area contributed by atoms with Crippen molar-refractivity contribution >= 4 is 57.2 Å². The van der Waals surface area contributed by atoms with Crippen LogP contribution in [0.15, 0.2) is 42.6 Å². The van der Waals surface area contributed by atoms with Gasteiger partial charge in [-0.3, -0.25) is 14.9 Å². The second-order valence-corrected chi connectivity index (χ2v) is 8.72. The summed E-state index contributed by atoms with van der Waals surface area (Å²) in [6.07, 6.45) is 3.10. The van der Waals surface area contributed by atoms with Crippen LogP contribution in [0.2, 0.25) is 10.0 Å². The Kier molecular flexibility index (Phi) is 5.58. The molecule has 8 heteroatoms. The van der Waals surface area contributed by atoms with E-state index in [4.69, 9.17) is 23.2 Å². The van der Waals surface area contributed by atoms with Crippen molar-refractivity contribution in [1.82, 2.24) is 4.98 Å². The van der Waals surface area contributed by atoms with Gasteiger partial charge < -0.3 is 4.90 Å². The molecule has 0 saturated heterocycles. The van der Waals surface area contributed by atoms with E-state index < -0.39 is 0 Å². The van der Waals surface area contributed by atoms with Crippen LogP contribution in [0.4, 0.5) is 10.8 Å². The molecule has 148 valence electrons. The lowest BCUT2D eigenvalue weighted by atomic mass is 10.1. The summed E-state index contributed by atoms with van der Waals surface area (Å²) < 4.78 is 0. The van der Waals surface area contributed by atoms with Gasteiger partial charge in [0, 0.05) is 52.3 Å². The maximum Gasteiger partial charge on any atom is 0.257 e. The number of hydrogen-bond donors (Lipinski definition) is 1. The van der Waals surface area contributed by atoms with E-state index >= 15 is 0 Å². The number of fused-ring (bicyclic) bond motifs is 1. The van der Waals surface area contributed by atoms with Crippen molar-refractivity contribution in [2.45, 2.75) is 19.8 Å². The molecule has 0 spiro atoms. The molecule has 0 saturated carbocycles. The molecule has 2 heterocycles. The number of halogens is 2. The molecule has 1 aliphatic heterocycles. The average Bonchev–Trinajstić information content (AvgIpc) is 3.30. The summed E-state index contributed by atoms with van der Waals surface area (Å²) in [4.78, 5) is 31.3. The molecule has 0 bridgehead atoms. The Morgan fingerprint density at radius 3 is 2.79 bits per heavy atom. The van der Waals surface area contributed by atoms with Crippen LogP contribution in [-0.4, -0.2) is 23.3 Å². The molecule has 0 unspecified atom stereocenters. The van der Waals surface area contributed by atoms with E-state index in [1.807, 2.05) is 18.2 Å². The highest BCUT2D eigenvalue weighted by Crippen LogP contribution is 2.30. The van der Waals surface area contributed by atoms with E-state index in [0.717, 1.165) is 28.1 Å².